The SMILES string of the molecule is C(#Cc1ccc[se]1)CN1CCOCC1. The van der Waals surface area contributed by atoms with E-state index in [1.807, 2.05) is 0 Å². The Balaban J connectivity index is 1.80. The molecule has 2 heterocycles. The summed E-state index contributed by atoms with van der Waals surface area (Å²) in [4.78, 5) is 4.54. The summed E-state index contributed by atoms with van der Waals surface area (Å²) < 4.78 is 6.57. The summed E-state index contributed by atoms with van der Waals surface area (Å²) in [7, 11) is 0. The first-order valence-electron chi connectivity index (χ1n) is 4.77. The molecule has 3 heteroatoms. The molecule has 2 rings (SSSR count). The summed E-state index contributed by atoms with van der Waals surface area (Å²) in [5, 5.41) is 0. The molecule has 1 aromatic heterocycles. The Morgan fingerprint density at radius 2 is 2.29 bits per heavy atom. The van der Waals surface area contributed by atoms with Crippen LogP contribution in [0.2, 0.25) is 0 Å². The summed E-state index contributed by atoms with van der Waals surface area (Å²) in [6.45, 7) is 4.65. The van der Waals surface area contributed by atoms with E-state index in [4.69, 9.17) is 4.74 Å². The number of ether oxygens (including phenoxy) is 1. The van der Waals surface area contributed by atoms with E-state index in [9.17, 15) is 0 Å². The van der Waals surface area contributed by atoms with Crippen molar-refractivity contribution in [2.24, 2.45) is 0 Å². The molecule has 0 spiro atoms. The van der Waals surface area contributed by atoms with Crippen LogP contribution in [0, 0.1) is 11.8 Å². The number of hydrogen-bond donors (Lipinski definition) is 0. The Bertz CT molecular complexity index is 317. The van der Waals surface area contributed by atoms with Crippen molar-refractivity contribution in [1.82, 2.24) is 4.90 Å². The van der Waals surface area contributed by atoms with Crippen molar-refractivity contribution in [1.29, 1.82) is 0 Å². The third-order valence-corrected chi connectivity index (χ3v) is 3.79. The van der Waals surface area contributed by atoms with Crippen molar-refractivity contribution in [2.45, 2.75) is 0 Å². The zero-order chi connectivity index (χ0) is 9.64. The second-order valence-electron chi connectivity index (χ2n) is 3.17. The second-order valence-corrected chi connectivity index (χ2v) is 5.16. The van der Waals surface area contributed by atoms with Gasteiger partial charge in [0.25, 0.3) is 0 Å². The first-order chi connectivity index (χ1) is 6.95. The number of rotatable bonds is 1. The Labute approximate surface area is 90.6 Å². The van der Waals surface area contributed by atoms with E-state index in [-0.39, 0.29) is 0 Å². The third-order valence-electron chi connectivity index (χ3n) is 2.14. The van der Waals surface area contributed by atoms with E-state index >= 15 is 0 Å². The quantitative estimate of drug-likeness (QED) is 0.532. The van der Waals surface area contributed by atoms with Crippen LogP contribution in [0.4, 0.5) is 0 Å². The van der Waals surface area contributed by atoms with Crippen LogP contribution in [-0.4, -0.2) is 52.3 Å². The van der Waals surface area contributed by atoms with E-state index < -0.39 is 0 Å². The Morgan fingerprint density at radius 1 is 1.43 bits per heavy atom. The average Bonchev–Trinajstić information content (AvgIpc) is 2.72. The van der Waals surface area contributed by atoms with E-state index in [0.717, 1.165) is 32.8 Å². The molecule has 0 atom stereocenters. The molecule has 0 unspecified atom stereocenters. The van der Waals surface area contributed by atoms with Gasteiger partial charge in [0.05, 0.1) is 0 Å². The van der Waals surface area contributed by atoms with E-state index in [0.29, 0.717) is 14.5 Å². The van der Waals surface area contributed by atoms with Gasteiger partial charge in [-0.3, -0.25) is 0 Å². The van der Waals surface area contributed by atoms with Gasteiger partial charge in [0.15, 0.2) is 0 Å². The summed E-state index contributed by atoms with van der Waals surface area (Å²) in [6.07, 6.45) is 0. The predicted molar refractivity (Wildman–Crippen MR) is 57.5 cm³/mol. The van der Waals surface area contributed by atoms with Gasteiger partial charge in [0.2, 0.25) is 0 Å². The zero-order valence-electron chi connectivity index (χ0n) is 8.03. The molecule has 1 aliphatic heterocycles. The molecule has 0 amide bonds. The molecular formula is C11H13NOSe. The first kappa shape index (κ1) is 10.0. The van der Waals surface area contributed by atoms with Crippen LogP contribution < -0.4 is 0 Å². The maximum absolute atomic E-state index is 5.27. The van der Waals surface area contributed by atoms with E-state index in [1.54, 1.807) is 0 Å². The van der Waals surface area contributed by atoms with E-state index in [2.05, 4.69) is 33.8 Å². The summed E-state index contributed by atoms with van der Waals surface area (Å²) in [6, 6.07) is 4.21. The second kappa shape index (κ2) is 5.38. The molecule has 0 N–H and O–H groups in total. The Kier molecular flexibility index (Phi) is 3.85. The van der Waals surface area contributed by atoms with Crippen LogP contribution >= 0.6 is 0 Å². The first-order valence-corrected chi connectivity index (χ1v) is 6.62. The molecule has 1 fully saturated rings. The minimum atomic E-state index is 0.498. The molecule has 0 radical (unpaired) electrons. The summed E-state index contributed by atoms with van der Waals surface area (Å²) >= 11 is 0.498. The number of morpholine rings is 1. The summed E-state index contributed by atoms with van der Waals surface area (Å²) in [5.41, 5.74) is 0. The van der Waals surface area contributed by atoms with Gasteiger partial charge in [-0.25, -0.2) is 0 Å². The fourth-order valence-corrected chi connectivity index (χ4v) is 2.59. The van der Waals surface area contributed by atoms with Gasteiger partial charge in [-0.15, -0.1) is 0 Å². The normalized spacial score (nSPS) is 17.4. The zero-order valence-corrected chi connectivity index (χ0v) is 9.74. The van der Waals surface area contributed by atoms with Crippen molar-refractivity contribution in [3.8, 4) is 11.8 Å². The molecule has 0 bridgehead atoms. The molecule has 0 aliphatic carbocycles. The van der Waals surface area contributed by atoms with Gasteiger partial charge < -0.3 is 0 Å². The molecular weight excluding hydrogens is 241 g/mol. The molecule has 1 saturated heterocycles. The molecule has 0 aromatic carbocycles. The number of nitrogens with zero attached hydrogens (tertiary/aromatic N) is 1. The van der Waals surface area contributed by atoms with Crippen LogP contribution in [-0.2, 0) is 4.74 Å². The molecule has 74 valence electrons. The van der Waals surface area contributed by atoms with E-state index in [1.165, 1.54) is 4.44 Å². The monoisotopic (exact) mass is 255 g/mol. The topological polar surface area (TPSA) is 12.5 Å². The van der Waals surface area contributed by atoms with Gasteiger partial charge in [-0.2, -0.15) is 0 Å². The fraction of sp³-hybridized carbons (Fsp3) is 0.455. The van der Waals surface area contributed by atoms with Crippen molar-refractivity contribution < 1.29 is 4.74 Å². The molecule has 14 heavy (non-hydrogen) atoms. The fourth-order valence-electron chi connectivity index (χ4n) is 1.35. The van der Waals surface area contributed by atoms with Gasteiger partial charge in [-0.1, -0.05) is 0 Å². The Hall–Kier alpha value is -0.521. The molecule has 0 saturated carbocycles. The van der Waals surface area contributed by atoms with Crippen LogP contribution in [0.1, 0.15) is 4.44 Å². The average molecular weight is 254 g/mol. The summed E-state index contributed by atoms with van der Waals surface area (Å²) in [5.74, 6) is 6.45. The predicted octanol–water partition coefficient (Wildman–Crippen LogP) is 0.427. The van der Waals surface area contributed by atoms with Crippen LogP contribution in [0.5, 0.6) is 0 Å². The van der Waals surface area contributed by atoms with Crippen molar-refractivity contribution >= 4 is 14.5 Å². The van der Waals surface area contributed by atoms with Crippen molar-refractivity contribution in [2.75, 3.05) is 32.8 Å². The van der Waals surface area contributed by atoms with Crippen LogP contribution in [0.15, 0.2) is 17.1 Å². The molecule has 2 nitrogen and oxygen atoms in total. The van der Waals surface area contributed by atoms with Crippen LogP contribution in [0.25, 0.3) is 0 Å². The maximum atomic E-state index is 5.27. The van der Waals surface area contributed by atoms with Gasteiger partial charge in [0.1, 0.15) is 0 Å². The third kappa shape index (κ3) is 3.01. The minimum absolute atomic E-state index is 0.498. The number of hydrogen-bond acceptors (Lipinski definition) is 2. The van der Waals surface area contributed by atoms with Crippen molar-refractivity contribution in [3.05, 3.63) is 21.5 Å². The Morgan fingerprint density at radius 3 is 3.00 bits per heavy atom. The molecule has 1 aliphatic rings. The standard InChI is InChI=1S/C11H13NOSe/c1(3-11-4-2-10-14-11)5-12-6-8-13-9-7-12/h2,4,10H,5-9H2. The van der Waals surface area contributed by atoms with Gasteiger partial charge in [0, 0.05) is 0 Å². The van der Waals surface area contributed by atoms with Gasteiger partial charge >= 0.3 is 90.3 Å². The van der Waals surface area contributed by atoms with Crippen LogP contribution in [0.3, 0.4) is 0 Å². The van der Waals surface area contributed by atoms with Gasteiger partial charge in [-0.05, 0) is 0 Å². The molecule has 1 aromatic rings. The van der Waals surface area contributed by atoms with Crippen molar-refractivity contribution in [3.63, 3.8) is 0 Å².